The predicted octanol–water partition coefficient (Wildman–Crippen LogP) is 1.42. The number of hydrogen-bond donors (Lipinski definition) is 2. The summed E-state index contributed by atoms with van der Waals surface area (Å²) in [6.45, 7) is 1.57. The van der Waals surface area contributed by atoms with E-state index in [0.29, 0.717) is 13.2 Å². The van der Waals surface area contributed by atoms with Crippen molar-refractivity contribution < 1.29 is 34.0 Å². The Hall–Kier alpha value is -0.730. The molecule has 1 unspecified atom stereocenters. The van der Waals surface area contributed by atoms with Gasteiger partial charge in [0.15, 0.2) is 6.29 Å². The first kappa shape index (κ1) is 19.0. The van der Waals surface area contributed by atoms with E-state index >= 15 is 0 Å². The van der Waals surface area contributed by atoms with Crippen LogP contribution < -0.4 is 0 Å². The molecule has 1 saturated carbocycles. The predicted molar refractivity (Wildman–Crippen MR) is 88.1 cm³/mol. The van der Waals surface area contributed by atoms with Crippen molar-refractivity contribution >= 4 is 5.97 Å². The van der Waals surface area contributed by atoms with Crippen molar-refractivity contribution in [3.63, 3.8) is 0 Å². The minimum atomic E-state index is -0.948. The molecule has 144 valence electrons. The highest BCUT2D eigenvalue weighted by Gasteiger charge is 2.46. The maximum Gasteiger partial charge on any atom is 0.329 e. The number of rotatable bonds is 7. The van der Waals surface area contributed by atoms with Crippen LogP contribution in [-0.4, -0.2) is 67.7 Å². The van der Waals surface area contributed by atoms with Crippen LogP contribution in [0.5, 0.6) is 0 Å². The first-order valence-electron chi connectivity index (χ1n) is 9.46. The second-order valence-corrected chi connectivity index (χ2v) is 7.44. The van der Waals surface area contributed by atoms with E-state index in [0.717, 1.165) is 45.1 Å². The first-order chi connectivity index (χ1) is 12.2. The van der Waals surface area contributed by atoms with E-state index in [9.17, 15) is 9.90 Å². The number of hydrogen-bond acceptors (Lipinski definition) is 6. The molecule has 3 aliphatic rings. The fraction of sp³-hybridized carbons (Fsp3) is 0.944. The summed E-state index contributed by atoms with van der Waals surface area (Å²) in [4.78, 5) is 10.5. The van der Waals surface area contributed by atoms with Gasteiger partial charge in [-0.25, -0.2) is 4.79 Å². The molecule has 0 spiro atoms. The lowest BCUT2D eigenvalue weighted by Crippen LogP contribution is -2.33. The molecule has 0 amide bonds. The van der Waals surface area contributed by atoms with Crippen molar-refractivity contribution in [3.05, 3.63) is 0 Å². The van der Waals surface area contributed by atoms with Crippen molar-refractivity contribution in [2.45, 2.75) is 57.0 Å². The maximum absolute atomic E-state index is 10.5. The van der Waals surface area contributed by atoms with E-state index in [4.69, 9.17) is 24.1 Å². The van der Waals surface area contributed by atoms with Gasteiger partial charge in [0.05, 0.1) is 25.4 Å². The molecule has 6 atom stereocenters. The van der Waals surface area contributed by atoms with Gasteiger partial charge in [-0.3, -0.25) is 0 Å². The third-order valence-corrected chi connectivity index (χ3v) is 5.68. The molecule has 2 aliphatic heterocycles. The Bertz CT molecular complexity index is 424. The molecule has 3 rings (SSSR count). The SMILES string of the molecule is O=C(O)COC[C@H]1CC[C@@H]2[C@@H](CO)[C@H](OC3CCCCO3)C[C@@H]2OC1. The Morgan fingerprint density at radius 3 is 2.76 bits per heavy atom. The molecule has 0 aromatic rings. The average Bonchev–Trinajstić information content (AvgIpc) is 2.81. The van der Waals surface area contributed by atoms with Gasteiger partial charge >= 0.3 is 5.97 Å². The number of carboxylic acids is 1. The molecular weight excluding hydrogens is 328 g/mol. The number of aliphatic hydroxyl groups excluding tert-OH is 1. The summed E-state index contributed by atoms with van der Waals surface area (Å²) in [5.41, 5.74) is 0. The van der Waals surface area contributed by atoms with E-state index < -0.39 is 5.97 Å². The van der Waals surface area contributed by atoms with Crippen LogP contribution in [0.1, 0.15) is 38.5 Å². The fourth-order valence-corrected chi connectivity index (χ4v) is 4.36. The lowest BCUT2D eigenvalue weighted by Gasteiger charge is -2.29. The van der Waals surface area contributed by atoms with Gasteiger partial charge in [-0.15, -0.1) is 0 Å². The molecule has 2 saturated heterocycles. The molecule has 0 bridgehead atoms. The second-order valence-electron chi connectivity index (χ2n) is 7.44. The molecule has 2 N–H and O–H groups in total. The summed E-state index contributed by atoms with van der Waals surface area (Å²) in [6.07, 6.45) is 5.74. The Morgan fingerprint density at radius 1 is 1.16 bits per heavy atom. The zero-order chi connectivity index (χ0) is 17.6. The molecule has 7 heteroatoms. The summed E-state index contributed by atoms with van der Waals surface area (Å²) >= 11 is 0. The molecule has 25 heavy (non-hydrogen) atoms. The smallest absolute Gasteiger partial charge is 0.329 e. The van der Waals surface area contributed by atoms with Crippen molar-refractivity contribution in [3.8, 4) is 0 Å². The Kier molecular flexibility index (Phi) is 7.07. The highest BCUT2D eigenvalue weighted by atomic mass is 16.7. The Morgan fingerprint density at radius 2 is 2.04 bits per heavy atom. The van der Waals surface area contributed by atoms with Gasteiger partial charge in [-0.2, -0.15) is 0 Å². The lowest BCUT2D eigenvalue weighted by molar-refractivity contribution is -0.198. The molecule has 0 aromatic carbocycles. The highest BCUT2D eigenvalue weighted by Crippen LogP contribution is 2.42. The minimum Gasteiger partial charge on any atom is -0.480 e. The van der Waals surface area contributed by atoms with Gasteiger partial charge in [-0.1, -0.05) is 0 Å². The van der Waals surface area contributed by atoms with E-state index in [1.165, 1.54) is 0 Å². The molecular formula is C18H30O7. The fourth-order valence-electron chi connectivity index (χ4n) is 4.36. The number of carboxylic acid groups (broad SMARTS) is 1. The monoisotopic (exact) mass is 358 g/mol. The van der Waals surface area contributed by atoms with Gasteiger partial charge in [0.25, 0.3) is 0 Å². The largest absolute Gasteiger partial charge is 0.480 e. The quantitative estimate of drug-likeness (QED) is 0.711. The van der Waals surface area contributed by atoms with Crippen LogP contribution in [0.2, 0.25) is 0 Å². The number of aliphatic carboxylic acids is 1. The normalized spacial score (nSPS) is 38.9. The minimum absolute atomic E-state index is 0.0112. The molecule has 0 radical (unpaired) electrons. The first-order valence-corrected chi connectivity index (χ1v) is 9.46. The zero-order valence-electron chi connectivity index (χ0n) is 14.7. The topological polar surface area (TPSA) is 94.5 Å². The summed E-state index contributed by atoms with van der Waals surface area (Å²) < 4.78 is 23.1. The van der Waals surface area contributed by atoms with Crippen molar-refractivity contribution in [2.24, 2.45) is 17.8 Å². The summed E-state index contributed by atoms with van der Waals surface area (Å²) in [6, 6.07) is 0. The van der Waals surface area contributed by atoms with E-state index in [2.05, 4.69) is 0 Å². The number of aliphatic hydroxyl groups is 1. The number of carbonyl (C=O) groups is 1. The summed E-state index contributed by atoms with van der Waals surface area (Å²) in [5.74, 6) is -0.376. The number of ether oxygens (including phenoxy) is 4. The molecule has 2 heterocycles. The Labute approximate surface area is 148 Å². The van der Waals surface area contributed by atoms with E-state index in [-0.39, 0.29) is 49.5 Å². The van der Waals surface area contributed by atoms with Gasteiger partial charge in [0, 0.05) is 31.5 Å². The molecule has 0 aromatic heterocycles. The van der Waals surface area contributed by atoms with E-state index in [1.54, 1.807) is 0 Å². The molecule has 1 aliphatic carbocycles. The van der Waals surface area contributed by atoms with Crippen LogP contribution in [0.15, 0.2) is 0 Å². The van der Waals surface area contributed by atoms with E-state index in [1.807, 2.05) is 0 Å². The van der Waals surface area contributed by atoms with Crippen LogP contribution in [0, 0.1) is 17.8 Å². The lowest BCUT2D eigenvalue weighted by atomic mass is 9.88. The Balaban J connectivity index is 1.50. The zero-order valence-corrected chi connectivity index (χ0v) is 14.7. The van der Waals surface area contributed by atoms with Crippen LogP contribution in [0.25, 0.3) is 0 Å². The average molecular weight is 358 g/mol. The highest BCUT2D eigenvalue weighted by molar-refractivity contribution is 5.67. The van der Waals surface area contributed by atoms with Crippen LogP contribution in [0.4, 0.5) is 0 Å². The van der Waals surface area contributed by atoms with Crippen LogP contribution >= 0.6 is 0 Å². The third kappa shape index (κ3) is 5.14. The standard InChI is InChI=1S/C18H30O7/c19-8-14-13-5-4-12(9-22-11-17(20)21)10-24-15(13)7-16(14)25-18-3-1-2-6-23-18/h12-16,18-19H,1-11H2,(H,20,21)/t12-,13-,14-,15+,16-,18?/m1/s1. The molecule has 7 nitrogen and oxygen atoms in total. The van der Waals surface area contributed by atoms with Crippen molar-refractivity contribution in [1.29, 1.82) is 0 Å². The molecule has 3 fully saturated rings. The van der Waals surface area contributed by atoms with Crippen LogP contribution in [-0.2, 0) is 23.7 Å². The maximum atomic E-state index is 10.5. The number of fused-ring (bicyclic) bond motifs is 1. The van der Waals surface area contributed by atoms with Gasteiger partial charge in [0.2, 0.25) is 0 Å². The summed E-state index contributed by atoms with van der Waals surface area (Å²) in [7, 11) is 0. The third-order valence-electron chi connectivity index (χ3n) is 5.68. The van der Waals surface area contributed by atoms with Gasteiger partial charge < -0.3 is 29.2 Å². The van der Waals surface area contributed by atoms with Crippen molar-refractivity contribution in [2.75, 3.05) is 33.0 Å². The van der Waals surface area contributed by atoms with Gasteiger partial charge in [0.1, 0.15) is 6.61 Å². The van der Waals surface area contributed by atoms with Crippen LogP contribution in [0.3, 0.4) is 0 Å². The van der Waals surface area contributed by atoms with Crippen molar-refractivity contribution in [1.82, 2.24) is 0 Å². The summed E-state index contributed by atoms with van der Waals surface area (Å²) in [5, 5.41) is 18.6. The second kappa shape index (κ2) is 9.28. The van der Waals surface area contributed by atoms with Gasteiger partial charge in [-0.05, 0) is 38.0 Å².